The first-order valence-electron chi connectivity index (χ1n) is 8.16. The van der Waals surface area contributed by atoms with Crippen LogP contribution in [0.3, 0.4) is 0 Å². The van der Waals surface area contributed by atoms with E-state index >= 15 is 0 Å². The number of esters is 1. The zero-order chi connectivity index (χ0) is 19.4. The van der Waals surface area contributed by atoms with Crippen LogP contribution in [-0.4, -0.2) is 16.2 Å². The second-order valence-electron chi connectivity index (χ2n) is 5.90. The molecule has 0 saturated carbocycles. The maximum absolute atomic E-state index is 12.0. The number of hydrogen-bond acceptors (Lipinski definition) is 5. The number of hydrogen-bond donors (Lipinski definition) is 0. The van der Waals surface area contributed by atoms with Gasteiger partial charge in [-0.05, 0) is 49.8 Å². The lowest BCUT2D eigenvalue weighted by atomic mass is 10.1. The minimum atomic E-state index is -0.678. The van der Waals surface area contributed by atoms with E-state index in [-0.39, 0.29) is 5.89 Å². The Labute approximate surface area is 166 Å². The van der Waals surface area contributed by atoms with E-state index in [1.807, 2.05) is 31.2 Å². The molecular weight excluding hydrogens is 387 g/mol. The molecule has 0 aliphatic rings. The topological polar surface area (TPSA) is 65.2 Å². The molecule has 138 valence electrons. The van der Waals surface area contributed by atoms with Crippen LogP contribution in [0.4, 0.5) is 0 Å². The molecule has 0 amide bonds. The fourth-order valence-corrected chi connectivity index (χ4v) is 2.56. The summed E-state index contributed by atoms with van der Waals surface area (Å²) in [5, 5.41) is 8.82. The summed E-state index contributed by atoms with van der Waals surface area (Å²) in [6.07, 6.45) is 2.21. The summed E-state index contributed by atoms with van der Waals surface area (Å²) in [6, 6.07) is 12.7. The third-order valence-electron chi connectivity index (χ3n) is 3.74. The number of carbonyl (C=O) groups excluding carboxylic acids is 1. The van der Waals surface area contributed by atoms with E-state index in [0.717, 1.165) is 16.7 Å². The Kier molecular flexibility index (Phi) is 5.94. The van der Waals surface area contributed by atoms with Gasteiger partial charge in [-0.25, -0.2) is 4.79 Å². The number of rotatable bonds is 5. The molecule has 0 radical (unpaired) electrons. The summed E-state index contributed by atoms with van der Waals surface area (Å²) >= 11 is 11.8. The van der Waals surface area contributed by atoms with Crippen molar-refractivity contribution in [2.75, 3.05) is 0 Å². The van der Waals surface area contributed by atoms with Crippen LogP contribution in [0.2, 0.25) is 10.0 Å². The smallest absolute Gasteiger partial charge is 0.331 e. The molecule has 0 bridgehead atoms. The van der Waals surface area contributed by atoms with Gasteiger partial charge in [0, 0.05) is 11.6 Å². The minimum absolute atomic E-state index is 0.224. The summed E-state index contributed by atoms with van der Waals surface area (Å²) in [7, 11) is 0. The van der Waals surface area contributed by atoms with Gasteiger partial charge >= 0.3 is 5.97 Å². The zero-order valence-electron chi connectivity index (χ0n) is 14.6. The summed E-state index contributed by atoms with van der Waals surface area (Å²) in [6.45, 7) is 3.66. The van der Waals surface area contributed by atoms with Crippen molar-refractivity contribution >= 4 is 35.2 Å². The van der Waals surface area contributed by atoms with Crippen LogP contribution in [0.5, 0.6) is 0 Å². The first-order valence-corrected chi connectivity index (χ1v) is 8.92. The maximum Gasteiger partial charge on any atom is 0.331 e. The Morgan fingerprint density at radius 3 is 2.56 bits per heavy atom. The molecule has 0 saturated heterocycles. The van der Waals surface area contributed by atoms with Crippen LogP contribution in [-0.2, 0) is 9.53 Å². The fourth-order valence-electron chi connectivity index (χ4n) is 2.26. The Hall–Kier alpha value is -2.63. The lowest BCUT2D eigenvalue weighted by molar-refractivity contribution is -0.143. The van der Waals surface area contributed by atoms with Gasteiger partial charge in [-0.3, -0.25) is 0 Å². The average molecular weight is 403 g/mol. The molecule has 1 unspecified atom stereocenters. The van der Waals surface area contributed by atoms with Crippen LogP contribution in [0.1, 0.15) is 30.0 Å². The highest BCUT2D eigenvalue weighted by atomic mass is 35.5. The molecule has 3 rings (SSSR count). The highest BCUT2D eigenvalue weighted by Crippen LogP contribution is 2.24. The standard InChI is InChI=1S/C20H16Cl2N2O3/c1-12-3-7-15(8-4-12)20-24-23-19(27-20)13(2)26-18(25)10-6-14-5-9-16(21)17(22)11-14/h3-11,13H,1-2H3/b10-6+. The van der Waals surface area contributed by atoms with Crippen molar-refractivity contribution < 1.29 is 13.9 Å². The zero-order valence-corrected chi connectivity index (χ0v) is 16.2. The molecule has 0 N–H and O–H groups in total. The molecule has 0 spiro atoms. The summed E-state index contributed by atoms with van der Waals surface area (Å²) in [4.78, 5) is 12.0. The molecule has 2 aromatic carbocycles. The third-order valence-corrected chi connectivity index (χ3v) is 4.47. The average Bonchev–Trinajstić information content (AvgIpc) is 3.13. The molecule has 0 aliphatic heterocycles. The molecule has 0 fully saturated rings. The molecule has 27 heavy (non-hydrogen) atoms. The Bertz CT molecular complexity index is 981. The first kappa shape index (κ1) is 19.1. The largest absolute Gasteiger partial charge is 0.449 e. The van der Waals surface area contributed by atoms with Crippen LogP contribution in [0.15, 0.2) is 53.0 Å². The van der Waals surface area contributed by atoms with Gasteiger partial charge in [0.25, 0.3) is 5.89 Å². The van der Waals surface area contributed by atoms with Gasteiger partial charge in [0.2, 0.25) is 5.89 Å². The summed E-state index contributed by atoms with van der Waals surface area (Å²) in [5.41, 5.74) is 2.67. The quantitative estimate of drug-likeness (QED) is 0.406. The number of carbonyl (C=O) groups is 1. The predicted molar refractivity (Wildman–Crippen MR) is 104 cm³/mol. The second kappa shape index (κ2) is 8.37. The molecule has 1 atom stereocenters. The first-order chi connectivity index (χ1) is 12.9. The van der Waals surface area contributed by atoms with Crippen molar-refractivity contribution in [2.24, 2.45) is 0 Å². The van der Waals surface area contributed by atoms with Crippen LogP contribution >= 0.6 is 23.2 Å². The minimum Gasteiger partial charge on any atom is -0.449 e. The van der Waals surface area contributed by atoms with Gasteiger partial charge in [0.15, 0.2) is 6.10 Å². The Morgan fingerprint density at radius 1 is 1.11 bits per heavy atom. The predicted octanol–water partition coefficient (Wildman–Crippen LogP) is 5.67. The molecule has 1 aromatic heterocycles. The Balaban J connectivity index is 1.63. The molecule has 1 heterocycles. The van der Waals surface area contributed by atoms with Crippen molar-refractivity contribution in [3.05, 3.63) is 75.6 Å². The van der Waals surface area contributed by atoms with Gasteiger partial charge in [0.1, 0.15) is 0 Å². The van der Waals surface area contributed by atoms with Gasteiger partial charge in [-0.2, -0.15) is 0 Å². The van der Waals surface area contributed by atoms with Gasteiger partial charge in [-0.15, -0.1) is 10.2 Å². The van der Waals surface area contributed by atoms with E-state index in [2.05, 4.69) is 10.2 Å². The summed E-state index contributed by atoms with van der Waals surface area (Å²) in [5.74, 6) is 0.0600. The van der Waals surface area contributed by atoms with Crippen molar-refractivity contribution in [2.45, 2.75) is 20.0 Å². The molecule has 5 nitrogen and oxygen atoms in total. The molecule has 3 aromatic rings. The normalized spacial score (nSPS) is 12.3. The number of aromatic nitrogens is 2. The van der Waals surface area contributed by atoms with Crippen molar-refractivity contribution in [1.82, 2.24) is 10.2 Å². The summed E-state index contributed by atoms with van der Waals surface area (Å²) < 4.78 is 10.9. The van der Waals surface area contributed by atoms with Crippen LogP contribution < -0.4 is 0 Å². The maximum atomic E-state index is 12.0. The van der Waals surface area contributed by atoms with E-state index in [9.17, 15) is 4.79 Å². The van der Waals surface area contributed by atoms with E-state index < -0.39 is 12.1 Å². The van der Waals surface area contributed by atoms with Crippen LogP contribution in [0, 0.1) is 6.92 Å². The van der Waals surface area contributed by atoms with Gasteiger partial charge in [0.05, 0.1) is 10.0 Å². The number of benzene rings is 2. The Morgan fingerprint density at radius 2 is 1.85 bits per heavy atom. The van der Waals surface area contributed by atoms with E-state index in [4.69, 9.17) is 32.4 Å². The lowest BCUT2D eigenvalue weighted by Gasteiger charge is -2.06. The number of halogens is 2. The third kappa shape index (κ3) is 4.96. The number of aryl methyl sites for hydroxylation is 1. The van der Waals surface area contributed by atoms with E-state index in [0.29, 0.717) is 15.9 Å². The number of ether oxygens (including phenoxy) is 1. The van der Waals surface area contributed by atoms with Gasteiger partial charge in [-0.1, -0.05) is 47.0 Å². The number of nitrogens with zero attached hydrogens (tertiary/aromatic N) is 2. The molecule has 7 heteroatoms. The van der Waals surface area contributed by atoms with E-state index in [1.54, 1.807) is 31.2 Å². The van der Waals surface area contributed by atoms with Crippen molar-refractivity contribution in [3.63, 3.8) is 0 Å². The second-order valence-corrected chi connectivity index (χ2v) is 6.71. The van der Waals surface area contributed by atoms with Crippen molar-refractivity contribution in [1.29, 1.82) is 0 Å². The molecule has 0 aliphatic carbocycles. The van der Waals surface area contributed by atoms with Gasteiger partial charge < -0.3 is 9.15 Å². The highest BCUT2D eigenvalue weighted by molar-refractivity contribution is 6.42. The highest BCUT2D eigenvalue weighted by Gasteiger charge is 2.18. The SMILES string of the molecule is Cc1ccc(-c2nnc(C(C)OC(=O)/C=C/c3ccc(Cl)c(Cl)c3)o2)cc1. The molecular formula is C20H16Cl2N2O3. The van der Waals surface area contributed by atoms with E-state index in [1.165, 1.54) is 6.08 Å². The van der Waals surface area contributed by atoms with Crippen molar-refractivity contribution in [3.8, 4) is 11.5 Å². The monoisotopic (exact) mass is 402 g/mol. The lowest BCUT2D eigenvalue weighted by Crippen LogP contribution is -2.06. The van der Waals surface area contributed by atoms with Crippen LogP contribution in [0.25, 0.3) is 17.5 Å². The fraction of sp³-hybridized carbons (Fsp3) is 0.150.